The van der Waals surface area contributed by atoms with Gasteiger partial charge in [0.15, 0.2) is 0 Å². The maximum absolute atomic E-state index is 11.1. The van der Waals surface area contributed by atoms with Gasteiger partial charge in [-0.2, -0.15) is 0 Å². The number of rotatable bonds is 5. The number of benzene rings is 1. The fourth-order valence-corrected chi connectivity index (χ4v) is 2.65. The molecule has 0 radical (unpaired) electrons. The van der Waals surface area contributed by atoms with Crippen molar-refractivity contribution < 1.29 is 15.0 Å². The Labute approximate surface area is 107 Å². The van der Waals surface area contributed by atoms with Gasteiger partial charge >= 0.3 is 5.97 Å². The molecule has 0 amide bonds. The summed E-state index contributed by atoms with van der Waals surface area (Å²) in [6.45, 7) is 0.752. The van der Waals surface area contributed by atoms with Gasteiger partial charge in [0, 0.05) is 19.2 Å². The first-order valence-electron chi connectivity index (χ1n) is 6.38. The lowest BCUT2D eigenvalue weighted by Crippen LogP contribution is -2.33. The second-order valence-electron chi connectivity index (χ2n) is 4.82. The molecule has 98 valence electrons. The molecule has 1 fully saturated rings. The second kappa shape index (κ2) is 5.98. The van der Waals surface area contributed by atoms with Gasteiger partial charge in [0.2, 0.25) is 0 Å². The van der Waals surface area contributed by atoms with Crippen LogP contribution in [0.2, 0.25) is 0 Å². The smallest absolute Gasteiger partial charge is 0.336 e. The van der Waals surface area contributed by atoms with Gasteiger partial charge in [0.05, 0.1) is 5.56 Å². The number of hydrogen-bond donors (Lipinski definition) is 3. The summed E-state index contributed by atoms with van der Waals surface area (Å²) in [5.41, 5.74) is 1.15. The minimum absolute atomic E-state index is 0.207. The Hall–Kier alpha value is -1.39. The van der Waals surface area contributed by atoms with Crippen molar-refractivity contribution in [3.05, 3.63) is 35.4 Å². The minimum Gasteiger partial charge on any atom is -0.478 e. The molecule has 2 atom stereocenters. The maximum Gasteiger partial charge on any atom is 0.336 e. The van der Waals surface area contributed by atoms with Crippen molar-refractivity contribution >= 4 is 5.97 Å². The van der Waals surface area contributed by atoms with Crippen LogP contribution in [0.15, 0.2) is 24.3 Å². The number of aliphatic hydroxyl groups excluding tert-OH is 1. The molecule has 1 saturated carbocycles. The van der Waals surface area contributed by atoms with Crippen molar-refractivity contribution in [2.45, 2.75) is 31.8 Å². The van der Waals surface area contributed by atoms with E-state index in [-0.39, 0.29) is 6.61 Å². The number of hydrogen-bond acceptors (Lipinski definition) is 3. The van der Waals surface area contributed by atoms with Gasteiger partial charge < -0.3 is 15.5 Å². The van der Waals surface area contributed by atoms with E-state index in [1.54, 1.807) is 12.1 Å². The van der Waals surface area contributed by atoms with E-state index in [4.69, 9.17) is 5.11 Å². The molecule has 0 aromatic heterocycles. The van der Waals surface area contributed by atoms with Crippen LogP contribution in [0.3, 0.4) is 0 Å². The highest BCUT2D eigenvalue weighted by atomic mass is 16.4. The Morgan fingerprint density at radius 3 is 2.83 bits per heavy atom. The van der Waals surface area contributed by atoms with Crippen molar-refractivity contribution in [3.8, 4) is 0 Å². The van der Waals surface area contributed by atoms with E-state index in [0.29, 0.717) is 24.1 Å². The molecule has 1 aromatic rings. The molecule has 2 rings (SSSR count). The highest BCUT2D eigenvalue weighted by Gasteiger charge is 2.26. The summed E-state index contributed by atoms with van der Waals surface area (Å²) in [6, 6.07) is 7.34. The Kier molecular flexibility index (Phi) is 4.33. The first-order valence-corrected chi connectivity index (χ1v) is 6.38. The molecule has 1 aliphatic carbocycles. The molecular formula is C14H19NO3. The molecule has 0 heterocycles. The summed E-state index contributed by atoms with van der Waals surface area (Å²) >= 11 is 0. The first kappa shape index (κ1) is 13.1. The van der Waals surface area contributed by atoms with Crippen LogP contribution in [0, 0.1) is 5.92 Å². The van der Waals surface area contributed by atoms with E-state index in [1.807, 2.05) is 12.1 Å². The number of aliphatic hydroxyl groups is 1. The van der Waals surface area contributed by atoms with Crippen LogP contribution >= 0.6 is 0 Å². The predicted molar refractivity (Wildman–Crippen MR) is 68.5 cm³/mol. The quantitative estimate of drug-likeness (QED) is 0.742. The first-order chi connectivity index (χ1) is 8.72. The van der Waals surface area contributed by atoms with E-state index < -0.39 is 5.97 Å². The molecule has 1 aromatic carbocycles. The molecule has 0 saturated heterocycles. The Bertz CT molecular complexity index is 419. The summed E-state index contributed by atoms with van der Waals surface area (Å²) in [5.74, 6) is -0.584. The van der Waals surface area contributed by atoms with Crippen molar-refractivity contribution in [2.24, 2.45) is 5.92 Å². The molecule has 0 spiro atoms. The molecule has 0 bridgehead atoms. The molecule has 18 heavy (non-hydrogen) atoms. The second-order valence-corrected chi connectivity index (χ2v) is 4.82. The normalized spacial score (nSPS) is 23.2. The summed E-state index contributed by atoms with van der Waals surface area (Å²) in [4.78, 5) is 11.1. The number of carboxylic acid groups (broad SMARTS) is 1. The molecule has 3 N–H and O–H groups in total. The zero-order chi connectivity index (χ0) is 13.0. The fourth-order valence-electron chi connectivity index (χ4n) is 2.65. The van der Waals surface area contributed by atoms with Gasteiger partial charge in [-0.1, -0.05) is 24.6 Å². The van der Waals surface area contributed by atoms with Crippen LogP contribution in [0.1, 0.15) is 35.2 Å². The average Bonchev–Trinajstić information content (AvgIpc) is 2.84. The summed E-state index contributed by atoms with van der Waals surface area (Å²) < 4.78 is 0. The van der Waals surface area contributed by atoms with Gasteiger partial charge in [0.1, 0.15) is 0 Å². The number of carboxylic acids is 1. The Morgan fingerprint density at radius 2 is 2.11 bits per heavy atom. The molecular weight excluding hydrogens is 230 g/mol. The summed E-state index contributed by atoms with van der Waals surface area (Å²) in [5, 5.41) is 21.7. The molecule has 1 aliphatic rings. The van der Waals surface area contributed by atoms with Crippen molar-refractivity contribution in [1.82, 2.24) is 5.32 Å². The summed E-state index contributed by atoms with van der Waals surface area (Å²) in [6.07, 6.45) is 3.23. The van der Waals surface area contributed by atoms with Crippen LogP contribution in [0.4, 0.5) is 0 Å². The number of carbonyl (C=O) groups is 1. The highest BCUT2D eigenvalue weighted by Crippen LogP contribution is 2.25. The zero-order valence-corrected chi connectivity index (χ0v) is 10.3. The Balaban J connectivity index is 2.00. The highest BCUT2D eigenvalue weighted by molar-refractivity contribution is 5.89. The van der Waals surface area contributed by atoms with E-state index >= 15 is 0 Å². The predicted octanol–water partition coefficient (Wildman–Crippen LogP) is 1.64. The standard InChI is InChI=1S/C14H19NO3/c16-9-11-5-3-7-13(11)15-8-10-4-1-2-6-12(10)14(17)18/h1-2,4,6,11,13,15-16H,3,5,7-9H2,(H,17,18). The van der Waals surface area contributed by atoms with Gasteiger partial charge in [-0.05, 0) is 30.4 Å². The van der Waals surface area contributed by atoms with Crippen molar-refractivity contribution in [2.75, 3.05) is 6.61 Å². The minimum atomic E-state index is -0.891. The van der Waals surface area contributed by atoms with Crippen LogP contribution in [0.5, 0.6) is 0 Å². The molecule has 4 heteroatoms. The van der Waals surface area contributed by atoms with Gasteiger partial charge in [-0.25, -0.2) is 4.79 Å². The van der Waals surface area contributed by atoms with E-state index in [1.165, 1.54) is 0 Å². The SMILES string of the molecule is O=C(O)c1ccccc1CNC1CCCC1CO. The van der Waals surface area contributed by atoms with Crippen LogP contribution < -0.4 is 5.32 Å². The average molecular weight is 249 g/mol. The van der Waals surface area contributed by atoms with Crippen LogP contribution in [-0.4, -0.2) is 28.8 Å². The van der Waals surface area contributed by atoms with E-state index in [9.17, 15) is 9.90 Å². The van der Waals surface area contributed by atoms with Crippen LogP contribution in [-0.2, 0) is 6.54 Å². The fraction of sp³-hybridized carbons (Fsp3) is 0.500. The largest absolute Gasteiger partial charge is 0.478 e. The summed E-state index contributed by atoms with van der Waals surface area (Å²) in [7, 11) is 0. The maximum atomic E-state index is 11.1. The van der Waals surface area contributed by atoms with E-state index in [0.717, 1.165) is 24.8 Å². The number of nitrogens with one attached hydrogen (secondary N) is 1. The zero-order valence-electron chi connectivity index (χ0n) is 10.3. The van der Waals surface area contributed by atoms with E-state index in [2.05, 4.69) is 5.32 Å². The van der Waals surface area contributed by atoms with Crippen LogP contribution in [0.25, 0.3) is 0 Å². The Morgan fingerprint density at radius 1 is 1.33 bits per heavy atom. The molecule has 0 aliphatic heterocycles. The van der Waals surface area contributed by atoms with Gasteiger partial charge in [-0.15, -0.1) is 0 Å². The topological polar surface area (TPSA) is 69.6 Å². The van der Waals surface area contributed by atoms with Crippen molar-refractivity contribution in [3.63, 3.8) is 0 Å². The lowest BCUT2D eigenvalue weighted by Gasteiger charge is -2.19. The third-order valence-corrected chi connectivity index (χ3v) is 3.70. The third kappa shape index (κ3) is 2.89. The monoisotopic (exact) mass is 249 g/mol. The van der Waals surface area contributed by atoms with Gasteiger partial charge in [-0.3, -0.25) is 0 Å². The molecule has 4 nitrogen and oxygen atoms in total. The lowest BCUT2D eigenvalue weighted by atomic mass is 10.0. The third-order valence-electron chi connectivity index (χ3n) is 3.70. The van der Waals surface area contributed by atoms with Crippen molar-refractivity contribution in [1.29, 1.82) is 0 Å². The number of aromatic carboxylic acids is 1. The lowest BCUT2D eigenvalue weighted by molar-refractivity contribution is 0.0695. The van der Waals surface area contributed by atoms with Gasteiger partial charge in [0.25, 0.3) is 0 Å². The molecule has 2 unspecified atom stereocenters.